The summed E-state index contributed by atoms with van der Waals surface area (Å²) in [6.07, 6.45) is 6.25. The minimum absolute atomic E-state index is 0.0733. The van der Waals surface area contributed by atoms with Crippen molar-refractivity contribution in [2.75, 3.05) is 33.0 Å². The van der Waals surface area contributed by atoms with Gasteiger partial charge in [-0.3, -0.25) is 0 Å². The Balaban J connectivity index is 1.24. The van der Waals surface area contributed by atoms with Gasteiger partial charge < -0.3 is 14.7 Å². The number of rotatable bonds is 7. The van der Waals surface area contributed by atoms with Gasteiger partial charge in [-0.2, -0.15) is 5.10 Å². The first-order valence-corrected chi connectivity index (χ1v) is 15.2. The molecule has 0 spiro atoms. The molecule has 0 unspecified atom stereocenters. The molecule has 5 nitrogen and oxygen atoms in total. The summed E-state index contributed by atoms with van der Waals surface area (Å²) in [5, 5.41) is 6.85. The number of para-hydroxylation sites is 2. The van der Waals surface area contributed by atoms with Gasteiger partial charge in [0.2, 0.25) is 6.71 Å². The molecule has 2 heterocycles. The van der Waals surface area contributed by atoms with Gasteiger partial charge in [0.15, 0.2) is 0 Å². The van der Waals surface area contributed by atoms with E-state index in [1.165, 1.54) is 44.5 Å². The molecule has 0 amide bonds. The summed E-state index contributed by atoms with van der Waals surface area (Å²) in [6.45, 7) is 8.21. The number of hydrogen-bond acceptors (Lipinski definition) is 5. The smallest absolute Gasteiger partial charge is 0.242 e. The molecule has 0 aliphatic carbocycles. The number of anilines is 4. The van der Waals surface area contributed by atoms with Gasteiger partial charge >= 0.3 is 0 Å². The van der Waals surface area contributed by atoms with Crippen LogP contribution in [0.1, 0.15) is 16.7 Å². The van der Waals surface area contributed by atoms with Gasteiger partial charge in [-0.1, -0.05) is 106 Å². The van der Waals surface area contributed by atoms with Crippen molar-refractivity contribution in [1.29, 1.82) is 0 Å². The summed E-state index contributed by atoms with van der Waals surface area (Å²) in [5.74, 6) is 0. The van der Waals surface area contributed by atoms with Crippen molar-refractivity contribution in [2.45, 2.75) is 20.8 Å². The molecular formula is C38H36BN5. The molecule has 2 aliphatic heterocycles. The maximum Gasteiger partial charge on any atom is 0.242 e. The van der Waals surface area contributed by atoms with E-state index in [1.807, 2.05) is 12.4 Å². The molecular weight excluding hydrogens is 537 g/mol. The quantitative estimate of drug-likeness (QED) is 0.220. The highest BCUT2D eigenvalue weighted by Crippen LogP contribution is 2.24. The summed E-state index contributed by atoms with van der Waals surface area (Å²) in [4.78, 5) is 6.76. The summed E-state index contributed by atoms with van der Waals surface area (Å²) >= 11 is 0. The first-order valence-electron chi connectivity index (χ1n) is 15.2. The van der Waals surface area contributed by atoms with E-state index in [0.29, 0.717) is 6.67 Å². The van der Waals surface area contributed by atoms with Gasteiger partial charge in [0, 0.05) is 29.5 Å². The summed E-state index contributed by atoms with van der Waals surface area (Å²) < 4.78 is 0. The zero-order valence-electron chi connectivity index (χ0n) is 25.5. The van der Waals surface area contributed by atoms with Gasteiger partial charge in [-0.05, 0) is 69.3 Å². The van der Waals surface area contributed by atoms with E-state index < -0.39 is 0 Å². The SMILES string of the molecule is Cc1cc(C)c(B(c2cccc(N3C=CN(c4ccccc4)C3)c2)c2cccc(N3CN(c4ccccc4)C=N3)c2)c(C)c1. The van der Waals surface area contributed by atoms with Gasteiger partial charge in [-0.15, -0.1) is 0 Å². The largest absolute Gasteiger partial charge is 0.328 e. The number of nitrogens with zero attached hydrogens (tertiary/aromatic N) is 5. The lowest BCUT2D eigenvalue weighted by Crippen LogP contribution is -2.54. The minimum atomic E-state index is 0.0733. The molecule has 2 aliphatic rings. The standard InChI is InChI=1S/C38H36BN5/c1-29-22-30(2)38(31(3)23-29)39(32-12-10-18-36(24-32)42-21-20-41(27-42)34-14-6-4-7-15-34)33-13-11-19-37(25-33)44-28-43(26-40-44)35-16-8-5-9-17-35/h4-26H,27-28H2,1-3H3. The van der Waals surface area contributed by atoms with Crippen LogP contribution in [0.2, 0.25) is 0 Å². The summed E-state index contributed by atoms with van der Waals surface area (Å²) in [5.41, 5.74) is 12.4. The monoisotopic (exact) mass is 573 g/mol. The predicted octanol–water partition coefficient (Wildman–Crippen LogP) is 6.11. The molecule has 6 heteroatoms. The van der Waals surface area contributed by atoms with Crippen LogP contribution in [0, 0.1) is 20.8 Å². The van der Waals surface area contributed by atoms with Crippen molar-refractivity contribution in [3.8, 4) is 0 Å². The van der Waals surface area contributed by atoms with E-state index in [1.54, 1.807) is 0 Å². The molecule has 0 radical (unpaired) electrons. The van der Waals surface area contributed by atoms with Crippen LogP contribution < -0.4 is 36.1 Å². The zero-order valence-corrected chi connectivity index (χ0v) is 25.5. The van der Waals surface area contributed by atoms with E-state index in [2.05, 4.69) is 168 Å². The maximum atomic E-state index is 4.77. The van der Waals surface area contributed by atoms with E-state index in [9.17, 15) is 0 Å². The molecule has 44 heavy (non-hydrogen) atoms. The lowest BCUT2D eigenvalue weighted by atomic mass is 9.35. The molecule has 0 N–H and O–H groups in total. The van der Waals surface area contributed by atoms with Crippen LogP contribution in [0.4, 0.5) is 22.7 Å². The van der Waals surface area contributed by atoms with Crippen LogP contribution in [-0.4, -0.2) is 26.4 Å². The van der Waals surface area contributed by atoms with E-state index in [0.717, 1.165) is 18.0 Å². The van der Waals surface area contributed by atoms with Crippen molar-refractivity contribution >= 4 is 52.2 Å². The van der Waals surface area contributed by atoms with Crippen LogP contribution in [0.15, 0.2) is 139 Å². The highest BCUT2D eigenvalue weighted by Gasteiger charge is 2.28. The minimum Gasteiger partial charge on any atom is -0.328 e. The third kappa shape index (κ3) is 5.47. The molecule has 5 aromatic carbocycles. The van der Waals surface area contributed by atoms with Crippen molar-refractivity contribution in [2.24, 2.45) is 5.10 Å². The first-order chi connectivity index (χ1) is 21.5. The predicted molar refractivity (Wildman–Crippen MR) is 188 cm³/mol. The van der Waals surface area contributed by atoms with Gasteiger partial charge in [0.25, 0.3) is 0 Å². The molecule has 0 bridgehead atoms. The molecule has 0 atom stereocenters. The Kier molecular flexibility index (Phi) is 7.41. The highest BCUT2D eigenvalue weighted by molar-refractivity contribution is 6.96. The maximum absolute atomic E-state index is 4.77. The van der Waals surface area contributed by atoms with Crippen LogP contribution >= 0.6 is 0 Å². The van der Waals surface area contributed by atoms with Crippen LogP contribution in [-0.2, 0) is 0 Å². The van der Waals surface area contributed by atoms with Crippen LogP contribution in [0.3, 0.4) is 0 Å². The van der Waals surface area contributed by atoms with Crippen molar-refractivity contribution in [3.05, 3.63) is 150 Å². The lowest BCUT2D eigenvalue weighted by Gasteiger charge is -2.25. The van der Waals surface area contributed by atoms with Crippen molar-refractivity contribution < 1.29 is 0 Å². The van der Waals surface area contributed by atoms with E-state index >= 15 is 0 Å². The third-order valence-electron chi connectivity index (χ3n) is 8.59. The van der Waals surface area contributed by atoms with Gasteiger partial charge in [-0.25, -0.2) is 5.01 Å². The average Bonchev–Trinajstić information content (AvgIpc) is 3.75. The van der Waals surface area contributed by atoms with Crippen molar-refractivity contribution in [3.63, 3.8) is 0 Å². The second-order valence-electron chi connectivity index (χ2n) is 11.7. The Morgan fingerprint density at radius 1 is 0.523 bits per heavy atom. The molecule has 0 aromatic heterocycles. The van der Waals surface area contributed by atoms with E-state index in [-0.39, 0.29) is 6.71 Å². The second-order valence-corrected chi connectivity index (χ2v) is 11.7. The molecule has 5 aromatic rings. The molecule has 0 saturated carbocycles. The van der Waals surface area contributed by atoms with E-state index in [4.69, 9.17) is 5.10 Å². The summed E-state index contributed by atoms with van der Waals surface area (Å²) in [6, 6.07) is 43.5. The van der Waals surface area contributed by atoms with Crippen LogP contribution in [0.5, 0.6) is 0 Å². The number of benzene rings is 5. The Morgan fingerprint density at radius 2 is 1.05 bits per heavy atom. The van der Waals surface area contributed by atoms with Gasteiger partial charge in [0.05, 0.1) is 12.4 Å². The topological polar surface area (TPSA) is 25.3 Å². The average molecular weight is 574 g/mol. The number of hydrazone groups is 1. The lowest BCUT2D eigenvalue weighted by molar-refractivity contribution is 0.913. The number of hydrogen-bond donors (Lipinski definition) is 0. The fraction of sp³-hybridized carbons (Fsp3) is 0.132. The Labute approximate surface area is 261 Å². The molecule has 7 rings (SSSR count). The number of aryl methyl sites for hydroxylation is 3. The highest BCUT2D eigenvalue weighted by atomic mass is 15.6. The molecule has 0 fully saturated rings. The Bertz CT molecular complexity index is 1710. The normalized spacial score (nSPS) is 14.2. The Hall–Kier alpha value is -5.23. The van der Waals surface area contributed by atoms with Gasteiger partial charge in [0.1, 0.15) is 13.0 Å². The third-order valence-corrected chi connectivity index (χ3v) is 8.59. The fourth-order valence-electron chi connectivity index (χ4n) is 6.55. The first kappa shape index (κ1) is 27.6. The van der Waals surface area contributed by atoms with Crippen molar-refractivity contribution in [1.82, 2.24) is 0 Å². The fourth-order valence-corrected chi connectivity index (χ4v) is 6.55. The Morgan fingerprint density at radius 3 is 1.68 bits per heavy atom. The summed E-state index contributed by atoms with van der Waals surface area (Å²) in [7, 11) is 0. The van der Waals surface area contributed by atoms with Crippen LogP contribution in [0.25, 0.3) is 0 Å². The zero-order chi connectivity index (χ0) is 30.0. The molecule has 0 saturated heterocycles. The second kappa shape index (κ2) is 11.8. The molecule has 216 valence electrons.